The summed E-state index contributed by atoms with van der Waals surface area (Å²) in [6.45, 7) is 1.51. The fraction of sp³-hybridized carbons (Fsp3) is 0.250. The summed E-state index contributed by atoms with van der Waals surface area (Å²) in [4.78, 5) is 22.1. The Kier molecular flexibility index (Phi) is 3.86. The van der Waals surface area contributed by atoms with Gasteiger partial charge in [0.25, 0.3) is 0 Å². The number of hydrogen-bond donors (Lipinski definition) is 2. The van der Waals surface area contributed by atoms with E-state index in [-0.39, 0.29) is 0 Å². The highest BCUT2D eigenvalue weighted by molar-refractivity contribution is 5.99. The van der Waals surface area contributed by atoms with Gasteiger partial charge in [-0.05, 0) is 36.1 Å². The second kappa shape index (κ2) is 5.43. The molecule has 2 aromatic carbocycles. The molecular weight excluding hydrogens is 254 g/mol. The molecule has 0 saturated heterocycles. The van der Waals surface area contributed by atoms with Crippen LogP contribution in [0.5, 0.6) is 0 Å². The van der Waals surface area contributed by atoms with E-state index in [4.69, 9.17) is 10.8 Å². The van der Waals surface area contributed by atoms with Gasteiger partial charge in [-0.2, -0.15) is 0 Å². The number of rotatable bonds is 5. The average molecular weight is 271 g/mol. The summed E-state index contributed by atoms with van der Waals surface area (Å²) < 4.78 is 0. The Hall–Kier alpha value is -2.20. The van der Waals surface area contributed by atoms with Gasteiger partial charge in [-0.25, -0.2) is 0 Å². The van der Waals surface area contributed by atoms with E-state index in [1.807, 2.05) is 30.3 Å². The van der Waals surface area contributed by atoms with E-state index in [1.54, 1.807) is 6.07 Å². The molecule has 3 N–H and O–H groups in total. The molecule has 0 radical (unpaired) electrons. The minimum Gasteiger partial charge on any atom is -0.480 e. The maximum atomic E-state index is 11.0. The van der Waals surface area contributed by atoms with Crippen LogP contribution in [0.1, 0.15) is 29.3 Å². The number of aldehydes is 1. The van der Waals surface area contributed by atoms with Gasteiger partial charge >= 0.3 is 5.97 Å². The van der Waals surface area contributed by atoms with Crippen LogP contribution in [-0.4, -0.2) is 22.9 Å². The lowest BCUT2D eigenvalue weighted by Gasteiger charge is -2.19. The van der Waals surface area contributed by atoms with Gasteiger partial charge in [0, 0.05) is 5.56 Å². The molecule has 0 bridgehead atoms. The molecule has 0 amide bonds. The van der Waals surface area contributed by atoms with Crippen LogP contribution in [0.3, 0.4) is 0 Å². The van der Waals surface area contributed by atoms with Gasteiger partial charge in [0.05, 0.1) is 0 Å². The van der Waals surface area contributed by atoms with Crippen molar-refractivity contribution in [1.29, 1.82) is 0 Å². The Morgan fingerprint density at radius 1 is 1.25 bits per heavy atom. The topological polar surface area (TPSA) is 80.4 Å². The number of benzene rings is 2. The van der Waals surface area contributed by atoms with Gasteiger partial charge in [0.1, 0.15) is 5.54 Å². The maximum Gasteiger partial charge on any atom is 0.323 e. The molecule has 0 heterocycles. The van der Waals surface area contributed by atoms with Crippen LogP contribution in [0, 0.1) is 0 Å². The molecule has 2 rings (SSSR count). The molecule has 104 valence electrons. The third-order valence-electron chi connectivity index (χ3n) is 3.58. The molecule has 0 aliphatic carbocycles. The standard InChI is InChI=1S/C16H17NO3/c1-16(17,15(19)20)9-8-11-6-7-12(10-18)14-5-3-2-4-13(11)14/h2-7,10H,8-9,17H2,1H3,(H,19,20). The summed E-state index contributed by atoms with van der Waals surface area (Å²) in [6.07, 6.45) is 1.72. The zero-order valence-corrected chi connectivity index (χ0v) is 11.3. The Morgan fingerprint density at radius 2 is 1.90 bits per heavy atom. The third kappa shape index (κ3) is 2.70. The number of aryl methyl sites for hydroxylation is 1. The molecule has 0 aromatic heterocycles. The van der Waals surface area contributed by atoms with Crippen LogP contribution in [0.25, 0.3) is 10.8 Å². The van der Waals surface area contributed by atoms with Gasteiger partial charge in [-0.15, -0.1) is 0 Å². The molecule has 1 atom stereocenters. The summed E-state index contributed by atoms with van der Waals surface area (Å²) in [5, 5.41) is 10.9. The van der Waals surface area contributed by atoms with Crippen LogP contribution in [0.2, 0.25) is 0 Å². The van der Waals surface area contributed by atoms with Gasteiger partial charge in [-0.3, -0.25) is 9.59 Å². The number of carbonyl (C=O) groups is 2. The van der Waals surface area contributed by atoms with Gasteiger partial charge in [0.2, 0.25) is 0 Å². The molecular formula is C16H17NO3. The minimum atomic E-state index is -1.25. The van der Waals surface area contributed by atoms with E-state index < -0.39 is 11.5 Å². The first-order valence-corrected chi connectivity index (χ1v) is 6.44. The monoisotopic (exact) mass is 271 g/mol. The zero-order chi connectivity index (χ0) is 14.8. The van der Waals surface area contributed by atoms with Crippen molar-refractivity contribution in [3.8, 4) is 0 Å². The fourth-order valence-corrected chi connectivity index (χ4v) is 2.21. The number of carboxylic acid groups (broad SMARTS) is 1. The second-order valence-corrected chi connectivity index (χ2v) is 5.20. The molecule has 0 spiro atoms. The largest absolute Gasteiger partial charge is 0.480 e. The first-order chi connectivity index (χ1) is 9.45. The van der Waals surface area contributed by atoms with Crippen molar-refractivity contribution in [3.05, 3.63) is 47.5 Å². The average Bonchev–Trinajstić information content (AvgIpc) is 2.44. The summed E-state index contributed by atoms with van der Waals surface area (Å²) in [7, 11) is 0. The van der Waals surface area contributed by atoms with Crippen molar-refractivity contribution in [2.75, 3.05) is 0 Å². The molecule has 0 aliphatic heterocycles. The number of carbonyl (C=O) groups excluding carboxylic acids is 1. The molecule has 4 heteroatoms. The fourth-order valence-electron chi connectivity index (χ4n) is 2.21. The second-order valence-electron chi connectivity index (χ2n) is 5.20. The summed E-state index contributed by atoms with van der Waals surface area (Å²) in [6, 6.07) is 11.2. The van der Waals surface area contributed by atoms with E-state index in [0.29, 0.717) is 18.4 Å². The number of fused-ring (bicyclic) bond motifs is 1. The van der Waals surface area contributed by atoms with Crippen molar-refractivity contribution in [1.82, 2.24) is 0 Å². The van der Waals surface area contributed by atoms with Crippen LogP contribution in [0.4, 0.5) is 0 Å². The molecule has 1 unspecified atom stereocenters. The van der Waals surface area contributed by atoms with Crippen LogP contribution >= 0.6 is 0 Å². The maximum absolute atomic E-state index is 11.0. The predicted molar refractivity (Wildman–Crippen MR) is 77.9 cm³/mol. The van der Waals surface area contributed by atoms with Crippen LogP contribution < -0.4 is 5.73 Å². The van der Waals surface area contributed by atoms with Crippen molar-refractivity contribution in [3.63, 3.8) is 0 Å². The molecule has 0 fully saturated rings. The quantitative estimate of drug-likeness (QED) is 0.818. The molecule has 20 heavy (non-hydrogen) atoms. The van der Waals surface area contributed by atoms with Crippen molar-refractivity contribution < 1.29 is 14.7 Å². The number of carboxylic acids is 1. The highest BCUT2D eigenvalue weighted by Crippen LogP contribution is 2.24. The molecule has 2 aromatic rings. The Balaban J connectivity index is 2.37. The third-order valence-corrected chi connectivity index (χ3v) is 3.58. The summed E-state index contributed by atoms with van der Waals surface area (Å²) >= 11 is 0. The van der Waals surface area contributed by atoms with Crippen molar-refractivity contribution in [2.45, 2.75) is 25.3 Å². The summed E-state index contributed by atoms with van der Waals surface area (Å²) in [5.41, 5.74) is 6.15. The van der Waals surface area contributed by atoms with Crippen molar-refractivity contribution >= 4 is 23.0 Å². The predicted octanol–water partition coefficient (Wildman–Crippen LogP) is 2.39. The Labute approximate surface area is 117 Å². The first kappa shape index (κ1) is 14.2. The SMILES string of the molecule is CC(N)(CCc1ccc(C=O)c2ccccc12)C(=O)O. The van der Waals surface area contributed by atoms with Crippen LogP contribution in [-0.2, 0) is 11.2 Å². The van der Waals surface area contributed by atoms with E-state index >= 15 is 0 Å². The lowest BCUT2D eigenvalue weighted by atomic mass is 9.91. The normalized spacial score (nSPS) is 13.9. The Bertz CT molecular complexity index is 662. The molecule has 0 saturated carbocycles. The molecule has 0 aliphatic rings. The Morgan fingerprint density at radius 3 is 2.50 bits per heavy atom. The van der Waals surface area contributed by atoms with Gasteiger partial charge < -0.3 is 10.8 Å². The van der Waals surface area contributed by atoms with Gasteiger partial charge in [-0.1, -0.05) is 36.4 Å². The lowest BCUT2D eigenvalue weighted by molar-refractivity contribution is -0.142. The number of aliphatic carboxylic acids is 1. The highest BCUT2D eigenvalue weighted by Gasteiger charge is 2.27. The van der Waals surface area contributed by atoms with Crippen molar-refractivity contribution in [2.24, 2.45) is 5.73 Å². The zero-order valence-electron chi connectivity index (χ0n) is 11.3. The first-order valence-electron chi connectivity index (χ1n) is 6.44. The minimum absolute atomic E-state index is 0.340. The lowest BCUT2D eigenvalue weighted by Crippen LogP contribution is -2.45. The number of hydrogen-bond acceptors (Lipinski definition) is 3. The summed E-state index contributed by atoms with van der Waals surface area (Å²) in [5.74, 6) is -1.01. The number of nitrogens with two attached hydrogens (primary N) is 1. The van der Waals surface area contributed by atoms with E-state index in [0.717, 1.165) is 22.6 Å². The van der Waals surface area contributed by atoms with Crippen LogP contribution in [0.15, 0.2) is 36.4 Å². The van der Waals surface area contributed by atoms with E-state index in [1.165, 1.54) is 6.92 Å². The van der Waals surface area contributed by atoms with E-state index in [9.17, 15) is 9.59 Å². The highest BCUT2D eigenvalue weighted by atomic mass is 16.4. The van der Waals surface area contributed by atoms with Gasteiger partial charge in [0.15, 0.2) is 6.29 Å². The molecule has 4 nitrogen and oxygen atoms in total. The smallest absolute Gasteiger partial charge is 0.323 e. The van der Waals surface area contributed by atoms with E-state index in [2.05, 4.69) is 0 Å².